The minimum Gasteiger partial charge on any atom is -0.453 e. The largest absolute Gasteiger partial charge is 0.453 e. The van der Waals surface area contributed by atoms with Crippen molar-refractivity contribution in [2.24, 2.45) is 0 Å². The Labute approximate surface area is 130 Å². The molecule has 0 atom stereocenters. The lowest BCUT2D eigenvalue weighted by Crippen LogP contribution is -2.24. The molecule has 8 heteroatoms. The Bertz CT molecular complexity index is 658. The highest BCUT2D eigenvalue weighted by Gasteiger charge is 2.09. The number of aromatic nitrogens is 1. The summed E-state index contributed by atoms with van der Waals surface area (Å²) in [4.78, 5) is 26.9. The number of benzene rings is 1. The number of halogens is 1. The number of rotatable bonds is 5. The Morgan fingerprint density at radius 3 is 2.73 bits per heavy atom. The third-order valence-electron chi connectivity index (χ3n) is 2.69. The van der Waals surface area contributed by atoms with E-state index in [1.807, 2.05) is 0 Å². The van der Waals surface area contributed by atoms with E-state index in [0.717, 1.165) is 5.56 Å². The van der Waals surface area contributed by atoms with E-state index in [4.69, 9.17) is 0 Å². The number of anilines is 1. The number of nitrogens with zero attached hydrogens (tertiary/aromatic N) is 1. The van der Waals surface area contributed by atoms with Gasteiger partial charge in [0.15, 0.2) is 5.13 Å². The number of hydrogen-bond acceptors (Lipinski definition) is 5. The number of carbonyl (C=O) groups excluding carboxylic acids is 2. The third-order valence-corrected chi connectivity index (χ3v) is 3.50. The van der Waals surface area contributed by atoms with E-state index in [9.17, 15) is 14.0 Å². The number of ether oxygens (including phenoxy) is 1. The van der Waals surface area contributed by atoms with Crippen molar-refractivity contribution in [1.82, 2.24) is 10.3 Å². The lowest BCUT2D eigenvalue weighted by Gasteiger charge is -2.04. The molecule has 2 N–H and O–H groups in total. The van der Waals surface area contributed by atoms with Gasteiger partial charge in [0, 0.05) is 11.9 Å². The summed E-state index contributed by atoms with van der Waals surface area (Å²) in [5.74, 6) is -0.526. The van der Waals surface area contributed by atoms with Crippen LogP contribution in [-0.2, 0) is 22.5 Å². The first-order chi connectivity index (χ1) is 10.6. The third kappa shape index (κ3) is 4.81. The molecular weight excluding hydrogens is 309 g/mol. The standard InChI is InChI=1S/C14H14FN3O3S/c1-21-14(20)18-13-17-11(8-22-13)6-12(19)16-7-9-2-4-10(15)5-3-9/h2-5,8H,6-7H2,1H3,(H,16,19)(H,17,18,20). The maximum atomic E-state index is 12.8. The van der Waals surface area contributed by atoms with Crippen molar-refractivity contribution in [3.05, 3.63) is 46.7 Å². The van der Waals surface area contributed by atoms with Gasteiger partial charge < -0.3 is 10.1 Å². The van der Waals surface area contributed by atoms with Crippen LogP contribution >= 0.6 is 11.3 Å². The van der Waals surface area contributed by atoms with Crippen molar-refractivity contribution >= 4 is 28.5 Å². The molecule has 2 amide bonds. The van der Waals surface area contributed by atoms with E-state index in [1.165, 1.54) is 30.6 Å². The zero-order valence-corrected chi connectivity index (χ0v) is 12.6. The molecule has 0 fully saturated rings. The van der Waals surface area contributed by atoms with Crippen molar-refractivity contribution in [3.63, 3.8) is 0 Å². The molecule has 22 heavy (non-hydrogen) atoms. The number of nitrogens with one attached hydrogen (secondary N) is 2. The van der Waals surface area contributed by atoms with Crippen molar-refractivity contribution in [3.8, 4) is 0 Å². The number of amides is 2. The molecule has 0 aliphatic rings. The zero-order valence-electron chi connectivity index (χ0n) is 11.8. The lowest BCUT2D eigenvalue weighted by molar-refractivity contribution is -0.120. The molecule has 0 bridgehead atoms. The Morgan fingerprint density at radius 2 is 2.05 bits per heavy atom. The minimum atomic E-state index is -0.610. The summed E-state index contributed by atoms with van der Waals surface area (Å²) >= 11 is 1.21. The van der Waals surface area contributed by atoms with Gasteiger partial charge in [-0.15, -0.1) is 11.3 Å². The molecular formula is C14H14FN3O3S. The van der Waals surface area contributed by atoms with Gasteiger partial charge >= 0.3 is 6.09 Å². The van der Waals surface area contributed by atoms with Gasteiger partial charge in [-0.25, -0.2) is 14.2 Å². The van der Waals surface area contributed by atoms with Crippen LogP contribution < -0.4 is 10.6 Å². The summed E-state index contributed by atoms with van der Waals surface area (Å²) in [6, 6.07) is 5.90. The molecule has 0 unspecified atom stereocenters. The molecule has 0 spiro atoms. The Morgan fingerprint density at radius 1 is 1.32 bits per heavy atom. The second-order valence-corrected chi connectivity index (χ2v) is 5.20. The number of thiazole rings is 1. The van der Waals surface area contributed by atoms with Gasteiger partial charge in [-0.2, -0.15) is 0 Å². The Kier molecular flexibility index (Phi) is 5.42. The summed E-state index contributed by atoms with van der Waals surface area (Å²) in [5.41, 5.74) is 1.36. The predicted octanol–water partition coefficient (Wildman–Crippen LogP) is 2.32. The van der Waals surface area contributed by atoms with Crippen molar-refractivity contribution in [2.75, 3.05) is 12.4 Å². The number of hydrogen-bond donors (Lipinski definition) is 2. The fraction of sp³-hybridized carbons (Fsp3) is 0.214. The predicted molar refractivity (Wildman–Crippen MR) is 80.1 cm³/mol. The number of methoxy groups -OCH3 is 1. The maximum Gasteiger partial charge on any atom is 0.413 e. The molecule has 0 radical (unpaired) electrons. The molecule has 2 aromatic rings. The second-order valence-electron chi connectivity index (χ2n) is 4.34. The highest BCUT2D eigenvalue weighted by molar-refractivity contribution is 7.13. The normalized spacial score (nSPS) is 10.1. The quantitative estimate of drug-likeness (QED) is 0.885. The molecule has 0 saturated carbocycles. The van der Waals surface area contributed by atoms with Gasteiger partial charge in [-0.05, 0) is 17.7 Å². The van der Waals surface area contributed by atoms with Crippen molar-refractivity contribution in [2.45, 2.75) is 13.0 Å². The summed E-state index contributed by atoms with van der Waals surface area (Å²) < 4.78 is 17.2. The van der Waals surface area contributed by atoms with E-state index < -0.39 is 6.09 Å². The van der Waals surface area contributed by atoms with E-state index >= 15 is 0 Å². The summed E-state index contributed by atoms with van der Waals surface area (Å²) in [5, 5.41) is 7.20. The SMILES string of the molecule is COC(=O)Nc1nc(CC(=O)NCc2ccc(F)cc2)cs1. The first kappa shape index (κ1) is 15.9. The van der Waals surface area contributed by atoms with E-state index in [-0.39, 0.29) is 18.1 Å². The van der Waals surface area contributed by atoms with Crippen LogP contribution in [0.4, 0.5) is 14.3 Å². The van der Waals surface area contributed by atoms with Crippen LogP contribution in [0.25, 0.3) is 0 Å². The molecule has 6 nitrogen and oxygen atoms in total. The molecule has 0 aliphatic heterocycles. The van der Waals surface area contributed by atoms with Gasteiger partial charge in [0.05, 0.1) is 19.2 Å². The minimum absolute atomic E-state index is 0.0978. The molecule has 1 heterocycles. The van der Waals surface area contributed by atoms with Crippen molar-refractivity contribution < 1.29 is 18.7 Å². The van der Waals surface area contributed by atoms with Gasteiger partial charge in [0.2, 0.25) is 5.91 Å². The van der Waals surface area contributed by atoms with Gasteiger partial charge in [0.25, 0.3) is 0 Å². The smallest absolute Gasteiger partial charge is 0.413 e. The van der Waals surface area contributed by atoms with Crippen LogP contribution in [0.2, 0.25) is 0 Å². The lowest BCUT2D eigenvalue weighted by atomic mass is 10.2. The van der Waals surface area contributed by atoms with Crippen LogP contribution in [0.3, 0.4) is 0 Å². The van der Waals surface area contributed by atoms with E-state index in [2.05, 4.69) is 20.4 Å². The highest BCUT2D eigenvalue weighted by atomic mass is 32.1. The van der Waals surface area contributed by atoms with E-state index in [0.29, 0.717) is 17.4 Å². The monoisotopic (exact) mass is 323 g/mol. The summed E-state index contributed by atoms with van der Waals surface area (Å²) in [6.45, 7) is 0.316. The zero-order chi connectivity index (χ0) is 15.9. The first-order valence-electron chi connectivity index (χ1n) is 6.37. The number of carbonyl (C=O) groups is 2. The maximum absolute atomic E-state index is 12.8. The van der Waals surface area contributed by atoms with Gasteiger partial charge in [-0.3, -0.25) is 10.1 Å². The summed E-state index contributed by atoms with van der Waals surface area (Å²) in [6.07, 6.45) is -0.512. The highest BCUT2D eigenvalue weighted by Crippen LogP contribution is 2.16. The van der Waals surface area contributed by atoms with Crippen LogP contribution in [0.5, 0.6) is 0 Å². The first-order valence-corrected chi connectivity index (χ1v) is 7.25. The average Bonchev–Trinajstić information content (AvgIpc) is 2.93. The Balaban J connectivity index is 1.81. The molecule has 116 valence electrons. The van der Waals surface area contributed by atoms with Gasteiger partial charge in [0.1, 0.15) is 5.82 Å². The average molecular weight is 323 g/mol. The van der Waals surface area contributed by atoms with E-state index in [1.54, 1.807) is 17.5 Å². The Hall–Kier alpha value is -2.48. The molecule has 1 aromatic carbocycles. The van der Waals surface area contributed by atoms with Crippen LogP contribution in [0.15, 0.2) is 29.6 Å². The van der Waals surface area contributed by atoms with Crippen LogP contribution in [0, 0.1) is 5.82 Å². The van der Waals surface area contributed by atoms with Gasteiger partial charge in [-0.1, -0.05) is 12.1 Å². The fourth-order valence-electron chi connectivity index (χ4n) is 1.61. The van der Waals surface area contributed by atoms with Crippen LogP contribution in [0.1, 0.15) is 11.3 Å². The second kappa shape index (κ2) is 7.51. The van der Waals surface area contributed by atoms with Crippen LogP contribution in [-0.4, -0.2) is 24.1 Å². The molecule has 0 saturated heterocycles. The summed E-state index contributed by atoms with van der Waals surface area (Å²) in [7, 11) is 1.26. The molecule has 2 rings (SSSR count). The molecule has 0 aliphatic carbocycles. The topological polar surface area (TPSA) is 80.3 Å². The van der Waals surface area contributed by atoms with Crippen molar-refractivity contribution in [1.29, 1.82) is 0 Å². The fourth-order valence-corrected chi connectivity index (χ4v) is 2.31. The molecule has 1 aromatic heterocycles.